The van der Waals surface area contributed by atoms with E-state index in [2.05, 4.69) is 0 Å². The number of sulfone groups is 1. The number of rotatable bonds is 3. The van der Waals surface area contributed by atoms with Crippen LogP contribution in [-0.4, -0.2) is 46.1 Å². The van der Waals surface area contributed by atoms with Crippen molar-refractivity contribution in [1.82, 2.24) is 0 Å². The molecule has 0 aliphatic carbocycles. The maximum absolute atomic E-state index is 12.4. The van der Waals surface area contributed by atoms with E-state index < -0.39 is 9.84 Å². The molecule has 2 aliphatic heterocycles. The molecule has 22 heavy (non-hydrogen) atoms. The Balaban J connectivity index is 2.05. The van der Waals surface area contributed by atoms with Gasteiger partial charge in [0, 0.05) is 18.4 Å². The van der Waals surface area contributed by atoms with Crippen molar-refractivity contribution in [2.75, 3.05) is 30.6 Å². The van der Waals surface area contributed by atoms with Gasteiger partial charge in [-0.25, -0.2) is 8.42 Å². The van der Waals surface area contributed by atoms with Gasteiger partial charge in [-0.1, -0.05) is 0 Å². The summed E-state index contributed by atoms with van der Waals surface area (Å²) < 4.78 is 34.3. The lowest BCUT2D eigenvalue weighted by atomic mass is 10.0. The fourth-order valence-corrected chi connectivity index (χ4v) is 5.50. The molecule has 2 fully saturated rings. The molecule has 0 unspecified atom stereocenters. The van der Waals surface area contributed by atoms with Crippen molar-refractivity contribution in [2.24, 2.45) is 5.92 Å². The smallest absolute Gasteiger partial charge is 0.227 e. The van der Waals surface area contributed by atoms with E-state index >= 15 is 0 Å². The number of anilines is 1. The number of aryl methyl sites for hydroxylation is 1. The van der Waals surface area contributed by atoms with Crippen molar-refractivity contribution in [3.63, 3.8) is 0 Å². The molecular formula is C15H19NO5S. The third-order valence-electron chi connectivity index (χ3n) is 4.44. The van der Waals surface area contributed by atoms with Crippen LogP contribution in [0.2, 0.25) is 0 Å². The van der Waals surface area contributed by atoms with Crippen LogP contribution in [0.5, 0.6) is 11.5 Å². The van der Waals surface area contributed by atoms with Crippen molar-refractivity contribution in [3.05, 3.63) is 17.7 Å². The maximum atomic E-state index is 12.4. The highest BCUT2D eigenvalue weighted by Gasteiger charge is 2.49. The first-order valence-electron chi connectivity index (χ1n) is 7.11. The lowest BCUT2D eigenvalue weighted by Gasteiger charge is -2.26. The van der Waals surface area contributed by atoms with Crippen LogP contribution < -0.4 is 14.4 Å². The second-order valence-electron chi connectivity index (χ2n) is 5.87. The summed E-state index contributed by atoms with van der Waals surface area (Å²) in [6, 6.07) is 3.28. The number of fused-ring (bicyclic) bond motifs is 1. The number of amides is 1. The molecule has 1 amide bonds. The van der Waals surface area contributed by atoms with Gasteiger partial charge >= 0.3 is 0 Å². The first-order valence-corrected chi connectivity index (χ1v) is 8.93. The molecule has 120 valence electrons. The summed E-state index contributed by atoms with van der Waals surface area (Å²) in [6.45, 7) is 1.88. The average Bonchev–Trinajstić information content (AvgIpc) is 2.89. The minimum absolute atomic E-state index is 0.0276. The van der Waals surface area contributed by atoms with Crippen LogP contribution in [-0.2, 0) is 14.6 Å². The molecule has 0 bridgehead atoms. The van der Waals surface area contributed by atoms with Gasteiger partial charge in [-0.05, 0) is 18.6 Å². The molecule has 0 spiro atoms. The van der Waals surface area contributed by atoms with E-state index in [1.165, 1.54) is 7.11 Å². The second-order valence-corrected chi connectivity index (χ2v) is 8.02. The first kappa shape index (κ1) is 15.1. The van der Waals surface area contributed by atoms with Crippen molar-refractivity contribution in [3.8, 4) is 11.5 Å². The molecule has 7 heteroatoms. The fourth-order valence-electron chi connectivity index (χ4n) is 3.43. The molecule has 2 atom stereocenters. The molecular weight excluding hydrogens is 306 g/mol. The number of carbonyl (C=O) groups is 1. The van der Waals surface area contributed by atoms with E-state index in [1.807, 2.05) is 6.92 Å². The van der Waals surface area contributed by atoms with Gasteiger partial charge in [0.15, 0.2) is 21.3 Å². The predicted octanol–water partition coefficient (Wildman–Crippen LogP) is 1.16. The third-order valence-corrected chi connectivity index (χ3v) is 6.22. The number of nitrogens with zero attached hydrogens (tertiary/aromatic N) is 1. The molecule has 0 aromatic heterocycles. The number of methoxy groups -OCH3 is 2. The molecule has 0 radical (unpaired) electrons. The Hall–Kier alpha value is -1.76. The Labute approximate surface area is 129 Å². The lowest BCUT2D eigenvalue weighted by Crippen LogP contribution is -2.36. The Morgan fingerprint density at radius 1 is 1.14 bits per heavy atom. The number of benzene rings is 1. The van der Waals surface area contributed by atoms with Crippen LogP contribution >= 0.6 is 0 Å². The Kier molecular flexibility index (Phi) is 3.55. The number of hydrogen-bond acceptors (Lipinski definition) is 5. The molecule has 2 heterocycles. The van der Waals surface area contributed by atoms with Gasteiger partial charge in [-0.15, -0.1) is 0 Å². The lowest BCUT2D eigenvalue weighted by molar-refractivity contribution is -0.117. The SMILES string of the molecule is COc1cc(C)c(N2C(=O)C[C@H]3CS(=O)(=O)C[C@@H]32)cc1OC. The van der Waals surface area contributed by atoms with Crippen LogP contribution in [0.4, 0.5) is 5.69 Å². The molecule has 0 saturated carbocycles. The Morgan fingerprint density at radius 2 is 1.77 bits per heavy atom. The first-order chi connectivity index (χ1) is 10.4. The van der Waals surface area contributed by atoms with E-state index in [1.54, 1.807) is 24.1 Å². The summed E-state index contributed by atoms with van der Waals surface area (Å²) in [7, 11) is 0.0254. The number of carbonyl (C=O) groups excluding carboxylic acids is 1. The Bertz CT molecular complexity index is 728. The molecule has 2 saturated heterocycles. The van der Waals surface area contributed by atoms with Crippen LogP contribution in [0.1, 0.15) is 12.0 Å². The zero-order chi connectivity index (χ0) is 16.1. The zero-order valence-electron chi connectivity index (χ0n) is 12.8. The van der Waals surface area contributed by atoms with Crippen molar-refractivity contribution >= 4 is 21.4 Å². The second kappa shape index (κ2) is 5.15. The van der Waals surface area contributed by atoms with E-state index in [-0.39, 0.29) is 35.8 Å². The largest absolute Gasteiger partial charge is 0.493 e. The highest BCUT2D eigenvalue weighted by molar-refractivity contribution is 7.91. The average molecular weight is 325 g/mol. The van der Waals surface area contributed by atoms with Crippen molar-refractivity contribution < 1.29 is 22.7 Å². The molecule has 1 aromatic rings. The summed E-state index contributed by atoms with van der Waals surface area (Å²) in [5.74, 6) is 1.13. The molecule has 1 aromatic carbocycles. The van der Waals surface area contributed by atoms with E-state index in [4.69, 9.17) is 9.47 Å². The van der Waals surface area contributed by atoms with Gasteiger partial charge in [-0.3, -0.25) is 4.79 Å². The van der Waals surface area contributed by atoms with Crippen LogP contribution in [0.3, 0.4) is 0 Å². The van der Waals surface area contributed by atoms with Crippen LogP contribution in [0, 0.1) is 12.8 Å². The molecule has 3 rings (SSSR count). The van der Waals surface area contributed by atoms with Crippen LogP contribution in [0.15, 0.2) is 12.1 Å². The van der Waals surface area contributed by atoms with Gasteiger partial charge in [0.05, 0.1) is 37.5 Å². The topological polar surface area (TPSA) is 72.9 Å². The van der Waals surface area contributed by atoms with Gasteiger partial charge in [0.2, 0.25) is 5.91 Å². The molecule has 6 nitrogen and oxygen atoms in total. The van der Waals surface area contributed by atoms with Gasteiger partial charge < -0.3 is 14.4 Å². The highest BCUT2D eigenvalue weighted by atomic mass is 32.2. The van der Waals surface area contributed by atoms with Crippen molar-refractivity contribution in [2.45, 2.75) is 19.4 Å². The minimum Gasteiger partial charge on any atom is -0.493 e. The maximum Gasteiger partial charge on any atom is 0.227 e. The summed E-state index contributed by atoms with van der Waals surface area (Å²) >= 11 is 0. The normalized spacial score (nSPS) is 26.1. The van der Waals surface area contributed by atoms with E-state index in [0.717, 1.165) is 5.56 Å². The summed E-state index contributed by atoms with van der Waals surface area (Å²) in [5, 5.41) is 0. The summed E-state index contributed by atoms with van der Waals surface area (Å²) in [6.07, 6.45) is 0.289. The zero-order valence-corrected chi connectivity index (χ0v) is 13.6. The number of ether oxygens (including phenoxy) is 2. The van der Waals surface area contributed by atoms with Crippen LogP contribution in [0.25, 0.3) is 0 Å². The predicted molar refractivity (Wildman–Crippen MR) is 82.3 cm³/mol. The Morgan fingerprint density at radius 3 is 2.41 bits per heavy atom. The van der Waals surface area contributed by atoms with E-state index in [9.17, 15) is 13.2 Å². The molecule has 0 N–H and O–H groups in total. The van der Waals surface area contributed by atoms with Crippen molar-refractivity contribution in [1.29, 1.82) is 0 Å². The van der Waals surface area contributed by atoms with Gasteiger partial charge in [0.25, 0.3) is 0 Å². The minimum atomic E-state index is -3.06. The van der Waals surface area contributed by atoms with E-state index in [0.29, 0.717) is 17.2 Å². The highest BCUT2D eigenvalue weighted by Crippen LogP contribution is 2.41. The number of hydrogen-bond donors (Lipinski definition) is 0. The summed E-state index contributed by atoms with van der Waals surface area (Å²) in [4.78, 5) is 14.0. The summed E-state index contributed by atoms with van der Waals surface area (Å²) in [5.41, 5.74) is 1.56. The third kappa shape index (κ3) is 2.33. The monoisotopic (exact) mass is 325 g/mol. The van der Waals surface area contributed by atoms with Gasteiger partial charge in [-0.2, -0.15) is 0 Å². The molecule has 2 aliphatic rings. The quantitative estimate of drug-likeness (QED) is 0.834. The fraction of sp³-hybridized carbons (Fsp3) is 0.533. The van der Waals surface area contributed by atoms with Gasteiger partial charge in [0.1, 0.15) is 0 Å². The standard InChI is InChI=1S/C15H19NO5S/c1-9-4-13(20-2)14(21-3)6-11(9)16-12-8-22(18,19)7-10(12)5-15(16)17/h4,6,10,12H,5,7-8H2,1-3H3/t10-,12-/m0/s1.